The number of pyridine rings is 1. The molecule has 0 fully saturated rings. The third kappa shape index (κ3) is 1.63. The summed E-state index contributed by atoms with van der Waals surface area (Å²) >= 11 is 0. The highest BCUT2D eigenvalue weighted by Gasteiger charge is 2.21. The van der Waals surface area contributed by atoms with Gasteiger partial charge in [0.05, 0.1) is 0 Å². The van der Waals surface area contributed by atoms with Crippen LogP contribution in [0.25, 0.3) is 0 Å². The number of rotatable bonds is 2. The van der Waals surface area contributed by atoms with Gasteiger partial charge in [-0.25, -0.2) is 4.79 Å². The average Bonchev–Trinajstić information content (AvgIpc) is 2.28. The average molecular weight is 222 g/mol. The first-order valence-corrected chi connectivity index (χ1v) is 5.36. The predicted molar refractivity (Wildman–Crippen MR) is 58.8 cm³/mol. The van der Waals surface area contributed by atoms with Gasteiger partial charge in [0.1, 0.15) is 5.56 Å². The van der Waals surface area contributed by atoms with Crippen molar-refractivity contribution >= 4 is 5.97 Å². The van der Waals surface area contributed by atoms with Crippen molar-refractivity contribution in [1.82, 2.24) is 10.3 Å². The van der Waals surface area contributed by atoms with Crippen LogP contribution in [0.5, 0.6) is 0 Å². The number of H-pyrrole nitrogens is 1. The second-order valence-corrected chi connectivity index (χ2v) is 3.85. The first kappa shape index (κ1) is 10.9. The van der Waals surface area contributed by atoms with Gasteiger partial charge in [0, 0.05) is 36.5 Å². The van der Waals surface area contributed by atoms with Gasteiger partial charge in [0.2, 0.25) is 5.43 Å². The third-order valence-corrected chi connectivity index (χ3v) is 2.89. The molecular weight excluding hydrogens is 208 g/mol. The molecule has 0 aliphatic carbocycles. The van der Waals surface area contributed by atoms with E-state index in [0.29, 0.717) is 24.2 Å². The summed E-state index contributed by atoms with van der Waals surface area (Å²) in [5.74, 6) is -1.15. The number of aromatic nitrogens is 1. The van der Waals surface area contributed by atoms with Gasteiger partial charge in [-0.15, -0.1) is 0 Å². The molecule has 0 bridgehead atoms. The zero-order chi connectivity index (χ0) is 11.7. The smallest absolute Gasteiger partial charge is 0.341 e. The standard InChI is InChI=1S/C11H14N2O3/c1-2-7-9(11(15)16)10(14)6-5-12-4-3-8(6)13-7/h12H,2-5H2,1H3,(H,13,14)(H,15,16). The summed E-state index contributed by atoms with van der Waals surface area (Å²) in [6.07, 6.45) is 1.27. The topological polar surface area (TPSA) is 82.2 Å². The molecule has 1 aromatic heterocycles. The monoisotopic (exact) mass is 222 g/mol. The van der Waals surface area contributed by atoms with Crippen LogP contribution in [0.3, 0.4) is 0 Å². The molecule has 0 unspecified atom stereocenters. The molecule has 1 aliphatic heterocycles. The number of aromatic amines is 1. The maximum Gasteiger partial charge on any atom is 0.341 e. The largest absolute Gasteiger partial charge is 0.477 e. The van der Waals surface area contributed by atoms with E-state index in [1.807, 2.05) is 6.92 Å². The lowest BCUT2D eigenvalue weighted by molar-refractivity contribution is 0.0693. The minimum atomic E-state index is -1.15. The van der Waals surface area contributed by atoms with Crippen molar-refractivity contribution in [2.24, 2.45) is 0 Å². The van der Waals surface area contributed by atoms with Crippen molar-refractivity contribution in [2.75, 3.05) is 6.54 Å². The van der Waals surface area contributed by atoms with Crippen molar-refractivity contribution in [3.05, 3.63) is 32.7 Å². The number of fused-ring (bicyclic) bond motifs is 1. The van der Waals surface area contributed by atoms with Crippen molar-refractivity contribution in [3.8, 4) is 0 Å². The molecule has 0 amide bonds. The summed E-state index contributed by atoms with van der Waals surface area (Å²) in [4.78, 5) is 26.1. The lowest BCUT2D eigenvalue weighted by Crippen LogP contribution is -2.33. The van der Waals surface area contributed by atoms with E-state index in [2.05, 4.69) is 10.3 Å². The highest BCUT2D eigenvalue weighted by molar-refractivity contribution is 5.89. The summed E-state index contributed by atoms with van der Waals surface area (Å²) in [6, 6.07) is 0. The van der Waals surface area contributed by atoms with E-state index in [1.54, 1.807) is 0 Å². The Hall–Kier alpha value is -1.62. The number of carboxylic acids is 1. The summed E-state index contributed by atoms with van der Waals surface area (Å²) in [6.45, 7) is 3.11. The summed E-state index contributed by atoms with van der Waals surface area (Å²) in [5, 5.41) is 12.1. The minimum Gasteiger partial charge on any atom is -0.477 e. The lowest BCUT2D eigenvalue weighted by Gasteiger charge is -2.18. The summed E-state index contributed by atoms with van der Waals surface area (Å²) < 4.78 is 0. The SMILES string of the molecule is CCc1[nH]c2c(c(=O)c1C(=O)O)CNCC2. The maximum absolute atomic E-state index is 12.0. The number of hydrogen-bond donors (Lipinski definition) is 3. The van der Waals surface area contributed by atoms with Gasteiger partial charge in [-0.05, 0) is 6.42 Å². The van der Waals surface area contributed by atoms with E-state index in [0.717, 1.165) is 18.7 Å². The van der Waals surface area contributed by atoms with E-state index in [4.69, 9.17) is 5.11 Å². The van der Waals surface area contributed by atoms with Crippen LogP contribution in [0.2, 0.25) is 0 Å². The normalized spacial score (nSPS) is 14.6. The number of aryl methyl sites for hydroxylation is 1. The first-order valence-electron chi connectivity index (χ1n) is 5.36. The van der Waals surface area contributed by atoms with Gasteiger partial charge in [0.15, 0.2) is 0 Å². The molecule has 3 N–H and O–H groups in total. The predicted octanol–water partition coefficient (Wildman–Crippen LogP) is 0.281. The van der Waals surface area contributed by atoms with Gasteiger partial charge < -0.3 is 15.4 Å². The molecule has 0 saturated carbocycles. The number of aromatic carboxylic acids is 1. The summed E-state index contributed by atoms with van der Waals surface area (Å²) in [5.41, 5.74) is 1.53. The Labute approximate surface area is 92.5 Å². The fourth-order valence-corrected chi connectivity index (χ4v) is 2.06. The van der Waals surface area contributed by atoms with Gasteiger partial charge in [0.25, 0.3) is 0 Å². The number of nitrogens with one attached hydrogen (secondary N) is 2. The van der Waals surface area contributed by atoms with E-state index in [9.17, 15) is 9.59 Å². The third-order valence-electron chi connectivity index (χ3n) is 2.89. The van der Waals surface area contributed by atoms with Crippen LogP contribution in [-0.2, 0) is 19.4 Å². The molecule has 0 aromatic carbocycles. The van der Waals surface area contributed by atoms with Crippen LogP contribution in [0.4, 0.5) is 0 Å². The van der Waals surface area contributed by atoms with Crippen molar-refractivity contribution in [3.63, 3.8) is 0 Å². The quantitative estimate of drug-likeness (QED) is 0.671. The zero-order valence-corrected chi connectivity index (χ0v) is 9.09. The Balaban J connectivity index is 2.70. The van der Waals surface area contributed by atoms with Gasteiger partial charge >= 0.3 is 5.97 Å². The molecule has 5 heteroatoms. The van der Waals surface area contributed by atoms with Crippen LogP contribution >= 0.6 is 0 Å². The van der Waals surface area contributed by atoms with Gasteiger partial charge in [-0.3, -0.25) is 4.79 Å². The van der Waals surface area contributed by atoms with Crippen LogP contribution in [-0.4, -0.2) is 22.6 Å². The van der Waals surface area contributed by atoms with Crippen LogP contribution in [0, 0.1) is 0 Å². The Morgan fingerprint density at radius 3 is 2.88 bits per heavy atom. The molecule has 0 spiro atoms. The maximum atomic E-state index is 12.0. The van der Waals surface area contributed by atoms with Crippen molar-refractivity contribution in [1.29, 1.82) is 0 Å². The Kier molecular flexibility index (Phi) is 2.78. The Morgan fingerprint density at radius 2 is 2.25 bits per heavy atom. The highest BCUT2D eigenvalue weighted by atomic mass is 16.4. The van der Waals surface area contributed by atoms with E-state index < -0.39 is 5.97 Å². The van der Waals surface area contributed by atoms with Gasteiger partial charge in [-0.2, -0.15) is 0 Å². The second-order valence-electron chi connectivity index (χ2n) is 3.85. The Bertz CT molecular complexity index is 491. The summed E-state index contributed by atoms with van der Waals surface area (Å²) in [7, 11) is 0. The second kappa shape index (κ2) is 4.09. The first-order chi connectivity index (χ1) is 7.65. The number of carbonyl (C=O) groups is 1. The van der Waals surface area contributed by atoms with Crippen LogP contribution in [0.15, 0.2) is 4.79 Å². The lowest BCUT2D eigenvalue weighted by atomic mass is 10.0. The van der Waals surface area contributed by atoms with Crippen LogP contribution in [0.1, 0.15) is 34.2 Å². The van der Waals surface area contributed by atoms with Crippen molar-refractivity contribution in [2.45, 2.75) is 26.3 Å². The molecule has 0 radical (unpaired) electrons. The number of hydrogen-bond acceptors (Lipinski definition) is 3. The van der Waals surface area contributed by atoms with E-state index in [1.165, 1.54) is 0 Å². The number of carboxylic acid groups (broad SMARTS) is 1. The Morgan fingerprint density at radius 1 is 1.50 bits per heavy atom. The molecule has 0 atom stereocenters. The molecule has 2 heterocycles. The fraction of sp³-hybridized carbons (Fsp3) is 0.455. The zero-order valence-electron chi connectivity index (χ0n) is 9.09. The highest BCUT2D eigenvalue weighted by Crippen LogP contribution is 2.12. The molecule has 5 nitrogen and oxygen atoms in total. The molecule has 0 saturated heterocycles. The fourth-order valence-electron chi connectivity index (χ4n) is 2.06. The van der Waals surface area contributed by atoms with Crippen molar-refractivity contribution < 1.29 is 9.90 Å². The minimum absolute atomic E-state index is 0.107. The van der Waals surface area contributed by atoms with Gasteiger partial charge in [-0.1, -0.05) is 6.92 Å². The molecule has 2 rings (SSSR count). The molecule has 1 aromatic rings. The van der Waals surface area contributed by atoms with Crippen LogP contribution < -0.4 is 10.7 Å². The van der Waals surface area contributed by atoms with E-state index in [-0.39, 0.29) is 11.0 Å². The molecule has 86 valence electrons. The molecular formula is C11H14N2O3. The van der Waals surface area contributed by atoms with E-state index >= 15 is 0 Å². The molecule has 16 heavy (non-hydrogen) atoms. The molecule has 1 aliphatic rings.